The van der Waals surface area contributed by atoms with Crippen LogP contribution in [0.15, 0.2) is 53.7 Å². The summed E-state index contributed by atoms with van der Waals surface area (Å²) in [6.07, 6.45) is 1.58. The van der Waals surface area contributed by atoms with Gasteiger partial charge in [-0.25, -0.2) is 4.39 Å². The highest BCUT2D eigenvalue weighted by Gasteiger charge is 2.25. The topological polar surface area (TPSA) is 62.1 Å². The van der Waals surface area contributed by atoms with Gasteiger partial charge in [-0.2, -0.15) is 0 Å². The van der Waals surface area contributed by atoms with E-state index in [0.717, 1.165) is 30.5 Å². The number of rotatable bonds is 7. The Morgan fingerprint density at radius 1 is 1.21 bits per heavy atom. The van der Waals surface area contributed by atoms with Crippen molar-refractivity contribution in [3.8, 4) is 0 Å². The summed E-state index contributed by atoms with van der Waals surface area (Å²) < 4.78 is 14.4. The number of nitrogens with zero attached hydrogens (tertiary/aromatic N) is 2. The third-order valence-electron chi connectivity index (χ3n) is 5.04. The van der Waals surface area contributed by atoms with Gasteiger partial charge in [-0.1, -0.05) is 41.6 Å². The molecule has 0 amide bonds. The quantitative estimate of drug-likeness (QED) is 0.415. The minimum atomic E-state index is -0.745. The molecule has 0 spiro atoms. The Bertz CT molecular complexity index is 812. The molecule has 0 bridgehead atoms. The number of oxime groups is 1. The summed E-state index contributed by atoms with van der Waals surface area (Å²) in [5.74, 6) is -1.42. The molecule has 0 radical (unpaired) electrons. The van der Waals surface area contributed by atoms with E-state index in [4.69, 9.17) is 4.84 Å². The Morgan fingerprint density at radius 2 is 1.90 bits per heavy atom. The summed E-state index contributed by atoms with van der Waals surface area (Å²) in [7, 11) is 0. The average molecular weight is 421 g/mol. The van der Waals surface area contributed by atoms with Crippen molar-refractivity contribution >= 4 is 24.1 Å². The number of likely N-dealkylation sites (tertiary alicyclic amines) is 1. The summed E-state index contributed by atoms with van der Waals surface area (Å²) in [5.41, 5.74) is 2.64. The SMILES string of the molecule is Cc1ccccc1C(=NOCCN1CCCC(C(=O)O)C1)c1ccccc1F.Cl. The van der Waals surface area contributed by atoms with E-state index in [-0.39, 0.29) is 24.1 Å². The van der Waals surface area contributed by atoms with Crippen molar-refractivity contribution < 1.29 is 19.1 Å². The smallest absolute Gasteiger partial charge is 0.307 e. The Kier molecular flexibility index (Phi) is 8.61. The molecule has 3 rings (SSSR count). The Morgan fingerprint density at radius 3 is 2.59 bits per heavy atom. The summed E-state index contributed by atoms with van der Waals surface area (Å²) in [4.78, 5) is 18.8. The predicted octanol–water partition coefficient (Wildman–Crippen LogP) is 4.12. The van der Waals surface area contributed by atoms with Crippen molar-refractivity contribution in [1.82, 2.24) is 4.90 Å². The van der Waals surface area contributed by atoms with Crippen molar-refractivity contribution in [3.63, 3.8) is 0 Å². The van der Waals surface area contributed by atoms with E-state index in [0.29, 0.717) is 31.0 Å². The zero-order chi connectivity index (χ0) is 19.9. The summed E-state index contributed by atoms with van der Waals surface area (Å²) in [6, 6.07) is 14.2. The number of carboxylic acid groups (broad SMARTS) is 1. The van der Waals surface area contributed by atoms with Gasteiger partial charge in [-0.05, 0) is 44.0 Å². The molecule has 1 fully saturated rings. The zero-order valence-corrected chi connectivity index (χ0v) is 17.2. The molecule has 0 aliphatic carbocycles. The maximum Gasteiger partial charge on any atom is 0.307 e. The van der Waals surface area contributed by atoms with Crippen LogP contribution in [0.25, 0.3) is 0 Å². The molecule has 1 N–H and O–H groups in total. The number of hydrogen-bond acceptors (Lipinski definition) is 4. The molecule has 156 valence electrons. The molecule has 7 heteroatoms. The molecule has 1 unspecified atom stereocenters. The van der Waals surface area contributed by atoms with E-state index in [9.17, 15) is 14.3 Å². The number of piperidine rings is 1. The molecule has 1 heterocycles. The fourth-order valence-corrected chi connectivity index (χ4v) is 3.48. The molecule has 1 saturated heterocycles. The lowest BCUT2D eigenvalue weighted by molar-refractivity contribution is -0.143. The van der Waals surface area contributed by atoms with Crippen molar-refractivity contribution in [3.05, 3.63) is 71.0 Å². The van der Waals surface area contributed by atoms with Gasteiger partial charge < -0.3 is 9.94 Å². The normalized spacial score (nSPS) is 17.4. The van der Waals surface area contributed by atoms with Crippen LogP contribution in [0.4, 0.5) is 4.39 Å². The minimum Gasteiger partial charge on any atom is -0.481 e. The van der Waals surface area contributed by atoms with E-state index in [1.165, 1.54) is 6.07 Å². The van der Waals surface area contributed by atoms with E-state index in [1.807, 2.05) is 31.2 Å². The number of benzene rings is 2. The molecule has 1 aliphatic rings. The van der Waals surface area contributed by atoms with Crippen LogP contribution >= 0.6 is 12.4 Å². The summed E-state index contributed by atoms with van der Waals surface area (Å²) >= 11 is 0. The highest BCUT2D eigenvalue weighted by molar-refractivity contribution is 6.13. The van der Waals surface area contributed by atoms with Crippen molar-refractivity contribution in [2.75, 3.05) is 26.2 Å². The summed E-state index contributed by atoms with van der Waals surface area (Å²) in [6.45, 7) is 4.24. The maximum atomic E-state index is 14.4. The number of hydrogen-bond donors (Lipinski definition) is 1. The van der Waals surface area contributed by atoms with Crippen molar-refractivity contribution in [1.29, 1.82) is 0 Å². The van der Waals surface area contributed by atoms with Crippen molar-refractivity contribution in [2.24, 2.45) is 11.1 Å². The van der Waals surface area contributed by atoms with Crippen LogP contribution in [-0.2, 0) is 9.63 Å². The Hall–Kier alpha value is -2.44. The Balaban J connectivity index is 0.00000300. The first-order valence-electron chi connectivity index (χ1n) is 9.52. The third kappa shape index (κ3) is 6.02. The van der Waals surface area contributed by atoms with Crippen molar-refractivity contribution in [2.45, 2.75) is 19.8 Å². The fourth-order valence-electron chi connectivity index (χ4n) is 3.48. The molecule has 2 aromatic rings. The first kappa shape index (κ1) is 22.8. The van der Waals surface area contributed by atoms with Gasteiger partial charge in [0.2, 0.25) is 0 Å². The van der Waals surface area contributed by atoms with E-state index in [1.54, 1.807) is 18.2 Å². The predicted molar refractivity (Wildman–Crippen MR) is 113 cm³/mol. The van der Waals surface area contributed by atoms with Gasteiger partial charge in [0.25, 0.3) is 0 Å². The van der Waals surface area contributed by atoms with Crippen LogP contribution in [0.3, 0.4) is 0 Å². The molecule has 0 aromatic heterocycles. The first-order valence-corrected chi connectivity index (χ1v) is 9.52. The maximum absolute atomic E-state index is 14.4. The lowest BCUT2D eigenvalue weighted by Crippen LogP contribution is -2.40. The second kappa shape index (κ2) is 10.9. The zero-order valence-electron chi connectivity index (χ0n) is 16.4. The van der Waals surface area contributed by atoms with E-state index < -0.39 is 5.97 Å². The molecule has 1 aliphatic heterocycles. The van der Waals surface area contributed by atoms with E-state index >= 15 is 0 Å². The van der Waals surface area contributed by atoms with E-state index in [2.05, 4.69) is 10.1 Å². The fraction of sp³-hybridized carbons (Fsp3) is 0.364. The van der Waals surface area contributed by atoms with Gasteiger partial charge in [-0.3, -0.25) is 9.69 Å². The molecule has 29 heavy (non-hydrogen) atoms. The molecular weight excluding hydrogens is 395 g/mol. The molecule has 0 saturated carbocycles. The first-order chi connectivity index (χ1) is 13.6. The van der Waals surface area contributed by atoms with Gasteiger partial charge in [0.1, 0.15) is 18.1 Å². The van der Waals surface area contributed by atoms with Gasteiger partial charge in [0, 0.05) is 24.2 Å². The van der Waals surface area contributed by atoms with Crippen LogP contribution < -0.4 is 0 Å². The highest BCUT2D eigenvalue weighted by Crippen LogP contribution is 2.19. The number of halogens is 2. The van der Waals surface area contributed by atoms with Crippen LogP contribution in [0.1, 0.15) is 29.5 Å². The molecular formula is C22H26ClFN2O3. The highest BCUT2D eigenvalue weighted by atomic mass is 35.5. The van der Waals surface area contributed by atoms with Gasteiger partial charge in [0.15, 0.2) is 0 Å². The summed E-state index contributed by atoms with van der Waals surface area (Å²) in [5, 5.41) is 13.4. The van der Waals surface area contributed by atoms with Gasteiger partial charge >= 0.3 is 5.97 Å². The lowest BCUT2D eigenvalue weighted by Gasteiger charge is -2.30. The molecule has 1 atom stereocenters. The second-order valence-corrected chi connectivity index (χ2v) is 7.05. The van der Waals surface area contributed by atoms with Gasteiger partial charge in [0.05, 0.1) is 5.92 Å². The molecule has 2 aromatic carbocycles. The number of aliphatic carboxylic acids is 1. The average Bonchev–Trinajstić information content (AvgIpc) is 2.70. The monoisotopic (exact) mass is 420 g/mol. The minimum absolute atomic E-state index is 0. The van der Waals surface area contributed by atoms with Crippen LogP contribution in [-0.4, -0.2) is 47.9 Å². The van der Waals surface area contributed by atoms with Gasteiger partial charge in [-0.15, -0.1) is 12.4 Å². The largest absolute Gasteiger partial charge is 0.481 e. The molecule has 5 nitrogen and oxygen atoms in total. The number of carbonyl (C=O) groups is 1. The number of carboxylic acids is 1. The van der Waals surface area contributed by atoms with Crippen LogP contribution in [0, 0.1) is 18.7 Å². The lowest BCUT2D eigenvalue weighted by atomic mass is 9.98. The van der Waals surface area contributed by atoms with Crippen LogP contribution in [0.5, 0.6) is 0 Å². The number of aryl methyl sites for hydroxylation is 1. The van der Waals surface area contributed by atoms with Crippen LogP contribution in [0.2, 0.25) is 0 Å². The second-order valence-electron chi connectivity index (χ2n) is 7.05. The standard InChI is InChI=1S/C22H25FN2O3.ClH/c1-16-7-2-3-9-18(16)21(19-10-4-5-11-20(19)23)24-28-14-13-25-12-6-8-17(15-25)22(26)27;/h2-5,7,9-11,17H,6,8,12-15H2,1H3,(H,26,27);1H. The third-order valence-corrected chi connectivity index (χ3v) is 5.04. The Labute approximate surface area is 176 Å².